The summed E-state index contributed by atoms with van der Waals surface area (Å²) in [5.74, 6) is -5.69. The third-order valence-electron chi connectivity index (χ3n) is 3.81. The maximum Gasteiger partial charge on any atom is 0.328 e. The molecule has 0 radical (unpaired) electrons. The van der Waals surface area contributed by atoms with Crippen molar-refractivity contribution in [3.05, 3.63) is 0 Å². The molecular weight excluding hydrogens is 418 g/mol. The molecule has 0 saturated heterocycles. The SMILES string of the molecule is NC(N)=NCCCC[C@H](N)C(=O)NCC(=O)N[C@@H](CC(=O)O)C(=O)N[C@@H](CO)C(=O)O. The first-order chi connectivity index (χ1) is 14.5. The molecule has 0 spiro atoms. The molecule has 0 aromatic carbocycles. The van der Waals surface area contributed by atoms with Gasteiger partial charge < -0.3 is 48.5 Å². The van der Waals surface area contributed by atoms with E-state index in [4.69, 9.17) is 32.5 Å². The number of aliphatic carboxylic acids is 2. The van der Waals surface area contributed by atoms with Gasteiger partial charge in [-0.2, -0.15) is 0 Å². The number of nitrogens with two attached hydrogens (primary N) is 3. The van der Waals surface area contributed by atoms with Crippen molar-refractivity contribution >= 4 is 35.6 Å². The van der Waals surface area contributed by atoms with Gasteiger partial charge >= 0.3 is 11.9 Å². The van der Waals surface area contributed by atoms with E-state index in [-0.39, 0.29) is 5.96 Å². The molecule has 15 heteroatoms. The van der Waals surface area contributed by atoms with Crippen LogP contribution in [0.2, 0.25) is 0 Å². The van der Waals surface area contributed by atoms with E-state index in [9.17, 15) is 24.0 Å². The van der Waals surface area contributed by atoms with Gasteiger partial charge in [0, 0.05) is 6.54 Å². The van der Waals surface area contributed by atoms with Gasteiger partial charge in [0.15, 0.2) is 5.96 Å². The zero-order valence-corrected chi connectivity index (χ0v) is 16.7. The largest absolute Gasteiger partial charge is 0.481 e. The molecule has 12 N–H and O–H groups in total. The second-order valence-electron chi connectivity index (χ2n) is 6.43. The van der Waals surface area contributed by atoms with Gasteiger partial charge in [-0.05, 0) is 19.3 Å². The minimum Gasteiger partial charge on any atom is -0.481 e. The van der Waals surface area contributed by atoms with Gasteiger partial charge in [-0.3, -0.25) is 24.2 Å². The van der Waals surface area contributed by atoms with E-state index in [1.165, 1.54) is 0 Å². The first-order valence-electron chi connectivity index (χ1n) is 9.21. The molecule has 176 valence electrons. The number of carboxylic acids is 2. The average Bonchev–Trinajstić information content (AvgIpc) is 2.68. The van der Waals surface area contributed by atoms with E-state index < -0.39 is 67.4 Å². The molecule has 0 aromatic heterocycles. The number of guanidine groups is 1. The van der Waals surface area contributed by atoms with Crippen LogP contribution in [0.4, 0.5) is 0 Å². The monoisotopic (exact) mass is 447 g/mol. The molecule has 0 heterocycles. The topological polar surface area (TPSA) is 273 Å². The molecule has 3 amide bonds. The Labute approximate surface area is 177 Å². The minimum atomic E-state index is -1.68. The fourth-order valence-corrected chi connectivity index (χ4v) is 2.20. The lowest BCUT2D eigenvalue weighted by Gasteiger charge is -2.19. The molecule has 0 rings (SSSR count). The van der Waals surface area contributed by atoms with Gasteiger partial charge in [-0.25, -0.2) is 4.79 Å². The van der Waals surface area contributed by atoms with Crippen LogP contribution in [0.15, 0.2) is 4.99 Å². The number of hydrogen-bond donors (Lipinski definition) is 9. The second-order valence-corrected chi connectivity index (χ2v) is 6.43. The summed E-state index contributed by atoms with van der Waals surface area (Å²) < 4.78 is 0. The Morgan fingerprint density at radius 2 is 1.58 bits per heavy atom. The summed E-state index contributed by atoms with van der Waals surface area (Å²) in [6, 6.07) is -4.21. The molecule has 0 fully saturated rings. The fraction of sp³-hybridized carbons (Fsp3) is 0.625. The highest BCUT2D eigenvalue weighted by molar-refractivity contribution is 5.94. The molecule has 0 bridgehead atoms. The smallest absolute Gasteiger partial charge is 0.328 e. The van der Waals surface area contributed by atoms with Crippen LogP contribution in [0, 0.1) is 0 Å². The second kappa shape index (κ2) is 14.5. The zero-order valence-electron chi connectivity index (χ0n) is 16.7. The van der Waals surface area contributed by atoms with E-state index in [2.05, 4.69) is 15.6 Å². The van der Waals surface area contributed by atoms with Crippen molar-refractivity contribution < 1.29 is 39.3 Å². The van der Waals surface area contributed by atoms with Crippen molar-refractivity contribution in [3.8, 4) is 0 Å². The average molecular weight is 447 g/mol. The lowest BCUT2D eigenvalue weighted by molar-refractivity contribution is -0.144. The summed E-state index contributed by atoms with van der Waals surface area (Å²) in [5.41, 5.74) is 16.1. The Hall–Kier alpha value is -3.46. The summed E-state index contributed by atoms with van der Waals surface area (Å²) in [7, 11) is 0. The van der Waals surface area contributed by atoms with Crippen LogP contribution in [-0.4, -0.2) is 88.8 Å². The number of carbonyl (C=O) groups excluding carboxylic acids is 3. The summed E-state index contributed by atoms with van der Waals surface area (Å²) >= 11 is 0. The Morgan fingerprint density at radius 1 is 0.935 bits per heavy atom. The van der Waals surface area contributed by atoms with Crippen LogP contribution in [0.5, 0.6) is 0 Å². The number of nitrogens with zero attached hydrogens (tertiary/aromatic N) is 1. The van der Waals surface area contributed by atoms with E-state index in [0.29, 0.717) is 25.8 Å². The fourth-order valence-electron chi connectivity index (χ4n) is 2.20. The number of aliphatic hydroxyl groups is 1. The summed E-state index contributed by atoms with van der Waals surface area (Å²) in [4.78, 5) is 61.5. The lowest BCUT2D eigenvalue weighted by Crippen LogP contribution is -2.55. The van der Waals surface area contributed by atoms with E-state index >= 15 is 0 Å². The molecule has 0 unspecified atom stereocenters. The number of rotatable bonds is 15. The minimum absolute atomic E-state index is 0.0437. The van der Waals surface area contributed by atoms with Crippen LogP contribution in [0.1, 0.15) is 25.7 Å². The molecule has 0 aromatic rings. The van der Waals surface area contributed by atoms with Crippen LogP contribution < -0.4 is 33.2 Å². The zero-order chi connectivity index (χ0) is 24.0. The lowest BCUT2D eigenvalue weighted by atomic mass is 10.1. The summed E-state index contributed by atoms with van der Waals surface area (Å²) in [6.45, 7) is -1.15. The van der Waals surface area contributed by atoms with Gasteiger partial charge in [-0.15, -0.1) is 0 Å². The first-order valence-corrected chi connectivity index (χ1v) is 9.21. The van der Waals surface area contributed by atoms with Gasteiger partial charge in [0.05, 0.1) is 25.6 Å². The molecule has 31 heavy (non-hydrogen) atoms. The van der Waals surface area contributed by atoms with Crippen molar-refractivity contribution in [1.82, 2.24) is 16.0 Å². The highest BCUT2D eigenvalue weighted by atomic mass is 16.4. The van der Waals surface area contributed by atoms with Crippen molar-refractivity contribution in [2.45, 2.75) is 43.8 Å². The van der Waals surface area contributed by atoms with Crippen molar-refractivity contribution in [3.63, 3.8) is 0 Å². The third kappa shape index (κ3) is 12.7. The summed E-state index contributed by atoms with van der Waals surface area (Å²) in [5, 5.41) is 32.9. The Bertz CT molecular complexity index is 681. The third-order valence-corrected chi connectivity index (χ3v) is 3.81. The van der Waals surface area contributed by atoms with Crippen molar-refractivity contribution in [1.29, 1.82) is 0 Å². The number of amides is 3. The number of carbonyl (C=O) groups is 5. The Kier molecular flexibility index (Phi) is 12.9. The number of carboxylic acid groups (broad SMARTS) is 2. The molecule has 15 nitrogen and oxygen atoms in total. The van der Waals surface area contributed by atoms with Crippen LogP contribution in [0.25, 0.3) is 0 Å². The molecule has 0 saturated carbocycles. The normalized spacial score (nSPS) is 13.2. The molecule has 0 aliphatic heterocycles. The summed E-state index contributed by atoms with van der Waals surface area (Å²) in [6.07, 6.45) is 0.596. The molecule has 0 aliphatic rings. The predicted octanol–water partition coefficient (Wildman–Crippen LogP) is -4.61. The predicted molar refractivity (Wildman–Crippen MR) is 106 cm³/mol. The Morgan fingerprint density at radius 3 is 2.10 bits per heavy atom. The van der Waals surface area contributed by atoms with Gasteiger partial charge in [0.25, 0.3) is 0 Å². The maximum absolute atomic E-state index is 12.1. The quantitative estimate of drug-likeness (QED) is 0.0654. The van der Waals surface area contributed by atoms with Crippen molar-refractivity contribution in [2.24, 2.45) is 22.2 Å². The van der Waals surface area contributed by atoms with Crippen LogP contribution in [-0.2, 0) is 24.0 Å². The van der Waals surface area contributed by atoms with Gasteiger partial charge in [-0.1, -0.05) is 0 Å². The first kappa shape index (κ1) is 27.5. The maximum atomic E-state index is 12.1. The number of aliphatic hydroxyl groups excluding tert-OH is 1. The van der Waals surface area contributed by atoms with Crippen LogP contribution >= 0.6 is 0 Å². The van der Waals surface area contributed by atoms with E-state index in [1.54, 1.807) is 0 Å². The van der Waals surface area contributed by atoms with E-state index in [0.717, 1.165) is 0 Å². The molecule has 0 aliphatic carbocycles. The number of hydrogen-bond acceptors (Lipinski definition) is 8. The van der Waals surface area contributed by atoms with Crippen molar-refractivity contribution in [2.75, 3.05) is 19.7 Å². The molecular formula is C16H29N7O8. The van der Waals surface area contributed by atoms with Gasteiger partial charge in [0.2, 0.25) is 17.7 Å². The highest BCUT2D eigenvalue weighted by Gasteiger charge is 2.28. The molecule has 3 atom stereocenters. The number of nitrogens with one attached hydrogen (secondary N) is 3. The Balaban J connectivity index is 4.59. The van der Waals surface area contributed by atoms with Crippen LogP contribution in [0.3, 0.4) is 0 Å². The van der Waals surface area contributed by atoms with Gasteiger partial charge in [0.1, 0.15) is 12.1 Å². The number of aliphatic imine (C=N–C) groups is 1. The van der Waals surface area contributed by atoms with E-state index in [1.807, 2.05) is 5.32 Å². The highest BCUT2D eigenvalue weighted by Crippen LogP contribution is 2.00. The number of unbranched alkanes of at least 4 members (excludes halogenated alkanes) is 1. The standard InChI is InChI=1S/C16H29N7O8/c17-8(3-1-2-4-20-16(18)19)13(28)21-6-11(25)22-9(5-12(26)27)14(29)23-10(7-24)15(30)31/h8-10,24H,1-7,17H2,(H,21,28)(H,22,25)(H,23,29)(H,26,27)(H,30,31)(H4,18,19,20)/t8-,9-,10-/m0/s1.